The van der Waals surface area contributed by atoms with Crippen LogP contribution in [0.25, 0.3) is 0 Å². The molecule has 4 heteroatoms. The Morgan fingerprint density at radius 1 is 1.33 bits per heavy atom. The van der Waals surface area contributed by atoms with Gasteiger partial charge in [-0.15, -0.1) is 0 Å². The standard InChI is InChI=1S/C8H14O4/c1-7(2)6(9)5-12-8(7,10-3)11-4/h5H2,1-4H3. The van der Waals surface area contributed by atoms with Crippen LogP contribution in [-0.4, -0.2) is 32.6 Å². The van der Waals surface area contributed by atoms with Crippen molar-refractivity contribution in [2.75, 3.05) is 20.8 Å². The Kier molecular flexibility index (Phi) is 2.25. The second-order valence-corrected chi connectivity index (χ2v) is 3.30. The van der Waals surface area contributed by atoms with Crippen LogP contribution >= 0.6 is 0 Å². The van der Waals surface area contributed by atoms with Gasteiger partial charge < -0.3 is 14.2 Å². The quantitative estimate of drug-likeness (QED) is 0.574. The maximum absolute atomic E-state index is 11.3. The van der Waals surface area contributed by atoms with Gasteiger partial charge in [-0.2, -0.15) is 0 Å². The molecule has 0 atom stereocenters. The number of ether oxygens (including phenoxy) is 3. The lowest BCUT2D eigenvalue weighted by molar-refractivity contribution is -0.376. The molecular formula is C8H14O4. The number of carbonyl (C=O) groups is 1. The molecule has 1 aliphatic rings. The second-order valence-electron chi connectivity index (χ2n) is 3.30. The number of hydrogen-bond acceptors (Lipinski definition) is 4. The van der Waals surface area contributed by atoms with Gasteiger partial charge in [0.2, 0.25) is 0 Å². The number of carbonyl (C=O) groups excluding carboxylic acids is 1. The molecule has 0 amide bonds. The van der Waals surface area contributed by atoms with Gasteiger partial charge in [-0.25, -0.2) is 0 Å². The van der Waals surface area contributed by atoms with E-state index in [2.05, 4.69) is 0 Å². The molecule has 0 saturated carbocycles. The van der Waals surface area contributed by atoms with Crippen LogP contribution in [0.2, 0.25) is 0 Å². The number of rotatable bonds is 2. The van der Waals surface area contributed by atoms with E-state index in [9.17, 15) is 4.79 Å². The van der Waals surface area contributed by atoms with Crippen LogP contribution in [0.5, 0.6) is 0 Å². The van der Waals surface area contributed by atoms with E-state index >= 15 is 0 Å². The van der Waals surface area contributed by atoms with Gasteiger partial charge in [0.15, 0.2) is 5.78 Å². The van der Waals surface area contributed by atoms with Crippen molar-refractivity contribution in [3.05, 3.63) is 0 Å². The highest BCUT2D eigenvalue weighted by atomic mass is 16.9. The molecule has 0 unspecified atom stereocenters. The van der Waals surface area contributed by atoms with E-state index in [1.54, 1.807) is 13.8 Å². The Balaban J connectivity index is 2.99. The van der Waals surface area contributed by atoms with E-state index in [4.69, 9.17) is 14.2 Å². The summed E-state index contributed by atoms with van der Waals surface area (Å²) < 4.78 is 15.3. The van der Waals surface area contributed by atoms with Crippen LogP contribution in [0.1, 0.15) is 13.8 Å². The maximum atomic E-state index is 11.3. The highest BCUT2D eigenvalue weighted by Gasteiger charge is 2.58. The first-order valence-electron chi connectivity index (χ1n) is 3.78. The van der Waals surface area contributed by atoms with Gasteiger partial charge in [-0.3, -0.25) is 4.79 Å². The van der Waals surface area contributed by atoms with Crippen molar-refractivity contribution < 1.29 is 19.0 Å². The SMILES string of the molecule is COC1(OC)OCC(=O)C1(C)C. The van der Waals surface area contributed by atoms with Gasteiger partial charge in [-0.1, -0.05) is 0 Å². The first-order valence-corrected chi connectivity index (χ1v) is 3.78. The lowest BCUT2D eigenvalue weighted by Gasteiger charge is -2.34. The van der Waals surface area contributed by atoms with Crippen molar-refractivity contribution in [2.24, 2.45) is 5.41 Å². The van der Waals surface area contributed by atoms with Crippen molar-refractivity contribution >= 4 is 5.78 Å². The molecule has 1 aliphatic heterocycles. The van der Waals surface area contributed by atoms with Gasteiger partial charge in [0, 0.05) is 14.2 Å². The average Bonchev–Trinajstić information content (AvgIpc) is 2.26. The molecule has 0 bridgehead atoms. The molecule has 70 valence electrons. The molecule has 1 rings (SSSR count). The van der Waals surface area contributed by atoms with Crippen LogP contribution < -0.4 is 0 Å². The Morgan fingerprint density at radius 2 is 1.83 bits per heavy atom. The van der Waals surface area contributed by atoms with Gasteiger partial charge in [0.1, 0.15) is 12.0 Å². The minimum Gasteiger partial charge on any atom is -0.330 e. The van der Waals surface area contributed by atoms with E-state index in [1.807, 2.05) is 0 Å². The fourth-order valence-electron chi connectivity index (χ4n) is 1.40. The molecule has 0 N–H and O–H groups in total. The van der Waals surface area contributed by atoms with Gasteiger partial charge in [-0.05, 0) is 13.8 Å². The Bertz CT molecular complexity index is 193. The molecule has 0 aromatic carbocycles. The van der Waals surface area contributed by atoms with Crippen molar-refractivity contribution in [3.63, 3.8) is 0 Å². The highest BCUT2D eigenvalue weighted by molar-refractivity contribution is 5.87. The van der Waals surface area contributed by atoms with Gasteiger partial charge >= 0.3 is 0 Å². The third kappa shape index (κ3) is 0.990. The summed E-state index contributed by atoms with van der Waals surface area (Å²) in [5.41, 5.74) is -0.740. The predicted octanol–water partition coefficient (Wildman–Crippen LogP) is 0.558. The second kappa shape index (κ2) is 2.80. The Labute approximate surface area is 71.8 Å². The largest absolute Gasteiger partial charge is 0.330 e. The zero-order chi connectivity index (χ0) is 9.41. The van der Waals surface area contributed by atoms with Crippen LogP contribution in [0.3, 0.4) is 0 Å². The number of hydrogen-bond donors (Lipinski definition) is 0. The van der Waals surface area contributed by atoms with Crippen molar-refractivity contribution in [2.45, 2.75) is 19.8 Å². The van der Waals surface area contributed by atoms with E-state index in [0.29, 0.717) is 0 Å². The van der Waals surface area contributed by atoms with E-state index in [1.165, 1.54) is 14.2 Å². The van der Waals surface area contributed by atoms with Crippen LogP contribution in [0, 0.1) is 5.41 Å². The van der Waals surface area contributed by atoms with Crippen LogP contribution in [0.4, 0.5) is 0 Å². The zero-order valence-electron chi connectivity index (χ0n) is 7.84. The third-order valence-electron chi connectivity index (χ3n) is 2.39. The molecule has 0 aliphatic carbocycles. The summed E-state index contributed by atoms with van der Waals surface area (Å²) in [4.78, 5) is 11.3. The summed E-state index contributed by atoms with van der Waals surface area (Å²) in [6.07, 6.45) is 0. The smallest absolute Gasteiger partial charge is 0.295 e. The predicted molar refractivity (Wildman–Crippen MR) is 41.5 cm³/mol. The summed E-state index contributed by atoms with van der Waals surface area (Å²) in [7, 11) is 2.92. The molecule has 0 spiro atoms. The third-order valence-corrected chi connectivity index (χ3v) is 2.39. The van der Waals surface area contributed by atoms with Crippen molar-refractivity contribution in [1.29, 1.82) is 0 Å². The summed E-state index contributed by atoms with van der Waals surface area (Å²) in [5, 5.41) is 0. The average molecular weight is 174 g/mol. The number of Topliss-reactive ketones (excluding diaryl/α,β-unsaturated/α-hetero) is 1. The van der Waals surface area contributed by atoms with Crippen LogP contribution in [0.15, 0.2) is 0 Å². The van der Waals surface area contributed by atoms with Crippen LogP contribution in [-0.2, 0) is 19.0 Å². The first kappa shape index (κ1) is 9.64. The Hall–Kier alpha value is -0.450. The molecule has 4 nitrogen and oxygen atoms in total. The minimum absolute atomic E-state index is 0.00815. The normalized spacial score (nSPS) is 26.2. The molecule has 12 heavy (non-hydrogen) atoms. The zero-order valence-corrected chi connectivity index (χ0v) is 7.84. The van der Waals surface area contributed by atoms with Crippen molar-refractivity contribution in [3.8, 4) is 0 Å². The summed E-state index contributed by atoms with van der Waals surface area (Å²) in [6.45, 7) is 3.54. The first-order chi connectivity index (χ1) is 5.50. The molecule has 0 radical (unpaired) electrons. The number of methoxy groups -OCH3 is 2. The molecule has 0 aromatic heterocycles. The lowest BCUT2D eigenvalue weighted by atomic mass is 9.87. The summed E-state index contributed by atoms with van der Waals surface area (Å²) >= 11 is 0. The fourth-order valence-corrected chi connectivity index (χ4v) is 1.40. The summed E-state index contributed by atoms with van der Waals surface area (Å²) in [6, 6.07) is 0. The van der Waals surface area contributed by atoms with E-state index in [0.717, 1.165) is 0 Å². The number of ketones is 1. The fraction of sp³-hybridized carbons (Fsp3) is 0.875. The highest BCUT2D eigenvalue weighted by Crippen LogP contribution is 2.41. The molecule has 1 heterocycles. The lowest BCUT2D eigenvalue weighted by Crippen LogP contribution is -2.47. The Morgan fingerprint density at radius 3 is 2.00 bits per heavy atom. The molecular weight excluding hydrogens is 160 g/mol. The minimum atomic E-state index is -1.20. The van der Waals surface area contributed by atoms with Crippen molar-refractivity contribution in [1.82, 2.24) is 0 Å². The van der Waals surface area contributed by atoms with Gasteiger partial charge in [0.25, 0.3) is 5.97 Å². The van der Waals surface area contributed by atoms with E-state index in [-0.39, 0.29) is 12.4 Å². The topological polar surface area (TPSA) is 44.8 Å². The maximum Gasteiger partial charge on any atom is 0.295 e. The molecule has 1 saturated heterocycles. The monoisotopic (exact) mass is 174 g/mol. The summed E-state index contributed by atoms with van der Waals surface area (Å²) in [5.74, 6) is -1.21. The van der Waals surface area contributed by atoms with E-state index < -0.39 is 11.4 Å². The molecule has 0 aromatic rings. The van der Waals surface area contributed by atoms with Gasteiger partial charge in [0.05, 0.1) is 0 Å². The molecule has 1 fully saturated rings.